The Morgan fingerprint density at radius 2 is 2.35 bits per heavy atom. The van der Waals surface area contributed by atoms with Crippen LogP contribution in [-0.4, -0.2) is 29.3 Å². The lowest BCUT2D eigenvalue weighted by atomic mass is 10.2. The predicted molar refractivity (Wildman–Crippen MR) is 68.9 cm³/mol. The summed E-state index contributed by atoms with van der Waals surface area (Å²) in [5.74, 6) is -0.128. The van der Waals surface area contributed by atoms with E-state index in [2.05, 4.69) is 15.9 Å². The zero-order valence-corrected chi connectivity index (χ0v) is 11.5. The van der Waals surface area contributed by atoms with Crippen LogP contribution < -0.4 is 0 Å². The number of halogens is 3. The molecule has 92 valence electrons. The van der Waals surface area contributed by atoms with Crippen LogP contribution in [-0.2, 0) is 0 Å². The summed E-state index contributed by atoms with van der Waals surface area (Å²) in [6.07, 6.45) is 1.87. The van der Waals surface area contributed by atoms with Gasteiger partial charge in [0.1, 0.15) is 5.82 Å². The summed E-state index contributed by atoms with van der Waals surface area (Å²) in [6, 6.07) is 4.20. The van der Waals surface area contributed by atoms with E-state index in [-0.39, 0.29) is 11.9 Å². The van der Waals surface area contributed by atoms with Crippen molar-refractivity contribution in [1.29, 1.82) is 0 Å². The van der Waals surface area contributed by atoms with Crippen LogP contribution >= 0.6 is 27.5 Å². The normalized spacial score (nSPS) is 19.7. The van der Waals surface area contributed by atoms with Crippen LogP contribution in [0.15, 0.2) is 22.7 Å². The van der Waals surface area contributed by atoms with Crippen LogP contribution in [0.1, 0.15) is 23.2 Å². The Hall–Kier alpha value is -0.610. The topological polar surface area (TPSA) is 20.3 Å². The van der Waals surface area contributed by atoms with Gasteiger partial charge in [0, 0.05) is 22.9 Å². The summed E-state index contributed by atoms with van der Waals surface area (Å²) >= 11 is 9.10. The first-order valence-electron chi connectivity index (χ1n) is 5.45. The molecule has 17 heavy (non-hydrogen) atoms. The Balaban J connectivity index is 2.27. The first kappa shape index (κ1) is 12.8. The maximum Gasteiger partial charge on any atom is 0.255 e. The number of hydrogen-bond donors (Lipinski definition) is 0. The number of benzene rings is 1. The monoisotopic (exact) mass is 319 g/mol. The van der Waals surface area contributed by atoms with E-state index in [4.69, 9.17) is 11.6 Å². The number of rotatable bonds is 2. The van der Waals surface area contributed by atoms with Gasteiger partial charge in [0.2, 0.25) is 0 Å². The molecule has 1 fully saturated rings. The first-order chi connectivity index (χ1) is 8.13. The second-order valence-corrected chi connectivity index (χ2v) is 5.24. The van der Waals surface area contributed by atoms with Crippen molar-refractivity contribution in [2.75, 3.05) is 12.4 Å². The maximum absolute atomic E-state index is 13.2. The van der Waals surface area contributed by atoms with Crippen LogP contribution in [0.2, 0.25) is 0 Å². The van der Waals surface area contributed by atoms with Gasteiger partial charge in [-0.3, -0.25) is 4.79 Å². The predicted octanol–water partition coefficient (Wildman–Crippen LogP) is 3.43. The molecule has 1 atom stereocenters. The average molecular weight is 321 g/mol. The molecular weight excluding hydrogens is 308 g/mol. The highest BCUT2D eigenvalue weighted by molar-refractivity contribution is 9.10. The molecule has 0 aliphatic carbocycles. The highest BCUT2D eigenvalue weighted by atomic mass is 79.9. The molecule has 0 bridgehead atoms. The highest BCUT2D eigenvalue weighted by Gasteiger charge is 2.29. The Labute approximate surface area is 113 Å². The summed E-state index contributed by atoms with van der Waals surface area (Å²) in [7, 11) is 0. The van der Waals surface area contributed by atoms with Crippen molar-refractivity contribution < 1.29 is 9.18 Å². The van der Waals surface area contributed by atoms with E-state index in [1.54, 1.807) is 11.0 Å². The minimum Gasteiger partial charge on any atom is -0.334 e. The first-order valence-corrected chi connectivity index (χ1v) is 6.78. The fraction of sp³-hybridized carbons (Fsp3) is 0.417. The quantitative estimate of drug-likeness (QED) is 0.765. The summed E-state index contributed by atoms with van der Waals surface area (Å²) in [6.45, 7) is 0.694. The smallest absolute Gasteiger partial charge is 0.255 e. The van der Waals surface area contributed by atoms with Gasteiger partial charge in [-0.05, 0) is 47.0 Å². The van der Waals surface area contributed by atoms with Crippen molar-refractivity contribution in [2.24, 2.45) is 0 Å². The zero-order chi connectivity index (χ0) is 12.4. The highest BCUT2D eigenvalue weighted by Crippen LogP contribution is 2.25. The number of alkyl halides is 1. The van der Waals surface area contributed by atoms with E-state index in [9.17, 15) is 9.18 Å². The zero-order valence-electron chi connectivity index (χ0n) is 9.13. The van der Waals surface area contributed by atoms with Gasteiger partial charge in [-0.2, -0.15) is 0 Å². The van der Waals surface area contributed by atoms with Crippen LogP contribution in [0.5, 0.6) is 0 Å². The minimum atomic E-state index is -0.404. The van der Waals surface area contributed by atoms with E-state index in [0.717, 1.165) is 12.8 Å². The minimum absolute atomic E-state index is 0.0688. The van der Waals surface area contributed by atoms with Crippen molar-refractivity contribution in [1.82, 2.24) is 4.90 Å². The van der Waals surface area contributed by atoms with Gasteiger partial charge in [0.05, 0.1) is 5.56 Å². The SMILES string of the molecule is O=C(c1cc(F)ccc1Br)N1CCCC1CCl. The molecule has 1 unspecified atom stereocenters. The van der Waals surface area contributed by atoms with Gasteiger partial charge < -0.3 is 4.90 Å². The third-order valence-corrected chi connectivity index (χ3v) is 4.02. The van der Waals surface area contributed by atoms with Crippen LogP contribution in [0.3, 0.4) is 0 Å². The summed E-state index contributed by atoms with van der Waals surface area (Å²) in [5.41, 5.74) is 0.363. The summed E-state index contributed by atoms with van der Waals surface area (Å²) in [4.78, 5) is 14.0. The standard InChI is InChI=1S/C12H12BrClFNO/c13-11-4-3-8(15)6-10(11)12(17)16-5-1-2-9(16)7-14/h3-4,6,9H,1-2,5,7H2. The lowest BCUT2D eigenvalue weighted by molar-refractivity contribution is 0.0747. The summed E-state index contributed by atoms with van der Waals surface area (Å²) < 4.78 is 13.8. The van der Waals surface area contributed by atoms with Crippen molar-refractivity contribution >= 4 is 33.4 Å². The van der Waals surface area contributed by atoms with E-state index < -0.39 is 5.82 Å². The molecule has 0 saturated carbocycles. The van der Waals surface area contributed by atoms with Crippen molar-refractivity contribution in [3.05, 3.63) is 34.1 Å². The molecule has 1 amide bonds. The molecule has 5 heteroatoms. The van der Waals surface area contributed by atoms with E-state index in [1.807, 2.05) is 0 Å². The van der Waals surface area contributed by atoms with Gasteiger partial charge >= 0.3 is 0 Å². The second-order valence-electron chi connectivity index (χ2n) is 4.07. The lowest BCUT2D eigenvalue weighted by Gasteiger charge is -2.23. The maximum atomic E-state index is 13.2. The third kappa shape index (κ3) is 2.63. The molecule has 1 saturated heterocycles. The van der Waals surface area contributed by atoms with Crippen LogP contribution in [0.4, 0.5) is 4.39 Å². The Morgan fingerprint density at radius 1 is 1.59 bits per heavy atom. The molecule has 2 nitrogen and oxygen atoms in total. The second kappa shape index (κ2) is 5.36. The molecule has 0 aromatic heterocycles. The number of carbonyl (C=O) groups is 1. The molecule has 1 aliphatic heterocycles. The number of hydrogen-bond acceptors (Lipinski definition) is 1. The Bertz CT molecular complexity index is 441. The average Bonchev–Trinajstić information content (AvgIpc) is 2.79. The van der Waals surface area contributed by atoms with E-state index >= 15 is 0 Å². The van der Waals surface area contributed by atoms with Crippen molar-refractivity contribution in [2.45, 2.75) is 18.9 Å². The van der Waals surface area contributed by atoms with E-state index in [0.29, 0.717) is 22.5 Å². The fourth-order valence-corrected chi connectivity index (χ4v) is 2.82. The fourth-order valence-electron chi connectivity index (χ4n) is 2.08. The van der Waals surface area contributed by atoms with E-state index in [1.165, 1.54) is 12.1 Å². The van der Waals surface area contributed by atoms with Crippen molar-refractivity contribution in [3.8, 4) is 0 Å². The molecule has 0 N–H and O–H groups in total. The molecule has 1 aromatic carbocycles. The molecular formula is C12H12BrClFNO. The third-order valence-electron chi connectivity index (χ3n) is 2.97. The molecule has 1 heterocycles. The number of carbonyl (C=O) groups excluding carboxylic acids is 1. The van der Waals surface area contributed by atoms with Gasteiger partial charge in [-0.15, -0.1) is 11.6 Å². The largest absolute Gasteiger partial charge is 0.334 e. The Morgan fingerprint density at radius 3 is 3.06 bits per heavy atom. The van der Waals surface area contributed by atoms with Gasteiger partial charge in [-0.1, -0.05) is 0 Å². The number of likely N-dealkylation sites (tertiary alicyclic amines) is 1. The Kier molecular flexibility index (Phi) is 4.05. The number of nitrogens with zero attached hydrogens (tertiary/aromatic N) is 1. The molecule has 0 spiro atoms. The molecule has 1 aliphatic rings. The molecule has 1 aromatic rings. The lowest BCUT2D eigenvalue weighted by Crippen LogP contribution is -2.36. The van der Waals surface area contributed by atoms with Gasteiger partial charge in [0.25, 0.3) is 5.91 Å². The van der Waals surface area contributed by atoms with Crippen LogP contribution in [0.25, 0.3) is 0 Å². The van der Waals surface area contributed by atoms with Crippen molar-refractivity contribution in [3.63, 3.8) is 0 Å². The van der Waals surface area contributed by atoms with Crippen LogP contribution in [0, 0.1) is 5.82 Å². The molecule has 0 radical (unpaired) electrons. The van der Waals surface area contributed by atoms with Gasteiger partial charge in [-0.25, -0.2) is 4.39 Å². The number of amides is 1. The molecule has 2 rings (SSSR count). The van der Waals surface area contributed by atoms with Gasteiger partial charge in [0.15, 0.2) is 0 Å². The summed E-state index contributed by atoms with van der Waals surface area (Å²) in [5, 5.41) is 0.